The van der Waals surface area contributed by atoms with Gasteiger partial charge < -0.3 is 5.32 Å². The Morgan fingerprint density at radius 1 is 1.37 bits per heavy atom. The number of hydrogen-bond acceptors (Lipinski definition) is 2. The normalized spacial score (nSPS) is 12.2. The molecule has 19 heavy (non-hydrogen) atoms. The van der Waals surface area contributed by atoms with E-state index in [1.807, 2.05) is 25.1 Å². The van der Waals surface area contributed by atoms with Crippen LogP contribution in [0.3, 0.4) is 0 Å². The minimum absolute atomic E-state index is 0.509. The van der Waals surface area contributed by atoms with Gasteiger partial charge in [0, 0.05) is 10.6 Å². The second kappa shape index (κ2) is 8.31. The van der Waals surface area contributed by atoms with Crippen LogP contribution in [0.4, 0.5) is 5.69 Å². The molecule has 1 N–H and O–H groups in total. The Morgan fingerprint density at radius 3 is 2.32 bits per heavy atom. The highest BCUT2D eigenvalue weighted by Gasteiger charge is 2.16. The molecule has 0 fully saturated rings. The van der Waals surface area contributed by atoms with Gasteiger partial charge in [0.2, 0.25) is 0 Å². The van der Waals surface area contributed by atoms with Crippen molar-refractivity contribution >= 4 is 18.3 Å². The second-order valence-electron chi connectivity index (χ2n) is 5.97. The maximum atomic E-state index is 4.29. The average Bonchev–Trinajstić information content (AvgIpc) is 2.34. The summed E-state index contributed by atoms with van der Waals surface area (Å²) >= 11 is 4.29. The zero-order valence-corrected chi connectivity index (χ0v) is 14.1. The van der Waals surface area contributed by atoms with Crippen molar-refractivity contribution in [3.63, 3.8) is 0 Å². The summed E-state index contributed by atoms with van der Waals surface area (Å²) in [5.74, 6) is 0.850. The number of nitrogens with one attached hydrogen (secondary N) is 1. The van der Waals surface area contributed by atoms with Crippen molar-refractivity contribution in [3.8, 4) is 0 Å². The van der Waals surface area contributed by atoms with Gasteiger partial charge in [-0.3, -0.25) is 0 Å². The van der Waals surface area contributed by atoms with E-state index in [0.29, 0.717) is 5.41 Å². The molecule has 0 aromatic heterocycles. The maximum absolute atomic E-state index is 4.29. The van der Waals surface area contributed by atoms with Crippen LogP contribution in [0.1, 0.15) is 46.6 Å². The van der Waals surface area contributed by atoms with Crippen molar-refractivity contribution in [3.05, 3.63) is 36.5 Å². The molecule has 1 nitrogen and oxygen atoms in total. The minimum Gasteiger partial charge on any atom is -0.362 e. The van der Waals surface area contributed by atoms with Gasteiger partial charge in [0.15, 0.2) is 0 Å². The topological polar surface area (TPSA) is 12.0 Å². The van der Waals surface area contributed by atoms with Gasteiger partial charge in [-0.1, -0.05) is 53.7 Å². The maximum Gasteiger partial charge on any atom is 0.0420 e. The van der Waals surface area contributed by atoms with E-state index in [2.05, 4.69) is 59.1 Å². The summed E-state index contributed by atoms with van der Waals surface area (Å²) in [7, 11) is 0. The van der Waals surface area contributed by atoms with Gasteiger partial charge in [-0.05, 0) is 42.2 Å². The van der Waals surface area contributed by atoms with E-state index in [1.54, 1.807) is 6.20 Å². The lowest BCUT2D eigenvalue weighted by atomic mass is 9.81. The van der Waals surface area contributed by atoms with Gasteiger partial charge in [-0.2, -0.15) is 0 Å². The Bertz CT molecular complexity index is 391. The lowest BCUT2D eigenvalue weighted by Crippen LogP contribution is -2.15. The fourth-order valence-electron chi connectivity index (χ4n) is 1.50. The number of hydrogen-bond donors (Lipinski definition) is 2. The van der Waals surface area contributed by atoms with E-state index in [1.165, 1.54) is 6.42 Å². The molecule has 0 spiro atoms. The van der Waals surface area contributed by atoms with E-state index >= 15 is 0 Å². The van der Waals surface area contributed by atoms with E-state index < -0.39 is 0 Å². The molecule has 1 rings (SSSR count). The van der Waals surface area contributed by atoms with Crippen LogP contribution >= 0.6 is 12.6 Å². The first-order chi connectivity index (χ1) is 8.73. The summed E-state index contributed by atoms with van der Waals surface area (Å²) in [6.07, 6.45) is 2.96. The quantitative estimate of drug-likeness (QED) is 0.655. The van der Waals surface area contributed by atoms with Crippen molar-refractivity contribution < 1.29 is 0 Å². The van der Waals surface area contributed by atoms with E-state index in [-0.39, 0.29) is 0 Å². The number of rotatable bonds is 3. The fourth-order valence-corrected chi connectivity index (χ4v) is 1.71. The summed E-state index contributed by atoms with van der Waals surface area (Å²) < 4.78 is 0. The predicted molar refractivity (Wildman–Crippen MR) is 91.2 cm³/mol. The molecule has 0 radical (unpaired) electrons. The van der Waals surface area contributed by atoms with Crippen LogP contribution in [-0.4, -0.2) is 0 Å². The molecule has 0 heterocycles. The third-order valence-electron chi connectivity index (χ3n) is 3.65. The van der Waals surface area contributed by atoms with Crippen molar-refractivity contribution in [2.75, 3.05) is 5.32 Å². The summed E-state index contributed by atoms with van der Waals surface area (Å²) in [6.45, 7) is 17.0. The molecule has 0 saturated heterocycles. The van der Waals surface area contributed by atoms with Crippen molar-refractivity contribution in [2.24, 2.45) is 11.3 Å². The molecule has 1 unspecified atom stereocenters. The molecule has 0 amide bonds. The molecular formula is C17H29NS. The molecule has 1 atom stereocenters. The van der Waals surface area contributed by atoms with Crippen LogP contribution < -0.4 is 5.32 Å². The highest BCUT2D eigenvalue weighted by atomic mass is 32.1. The Hall–Kier alpha value is -0.890. The fraction of sp³-hybridized carbons (Fsp3) is 0.529. The van der Waals surface area contributed by atoms with E-state index in [0.717, 1.165) is 22.1 Å². The van der Waals surface area contributed by atoms with Crippen LogP contribution in [0, 0.1) is 18.3 Å². The summed E-state index contributed by atoms with van der Waals surface area (Å²) in [5.41, 5.74) is 2.72. The highest BCUT2D eigenvalue weighted by molar-refractivity contribution is 7.80. The van der Waals surface area contributed by atoms with Gasteiger partial charge in [0.1, 0.15) is 0 Å². The summed E-state index contributed by atoms with van der Waals surface area (Å²) in [4.78, 5) is 0.997. The van der Waals surface area contributed by atoms with Crippen molar-refractivity contribution in [1.82, 2.24) is 0 Å². The SMILES string of the molecule is C=CNc1cccc(S)c1C.CCC(C)C(C)(C)C. The number of benzene rings is 1. The molecule has 0 saturated carbocycles. The zero-order chi connectivity index (χ0) is 15.1. The molecule has 0 aliphatic heterocycles. The summed E-state index contributed by atoms with van der Waals surface area (Å²) in [6, 6.07) is 5.92. The largest absolute Gasteiger partial charge is 0.362 e. The van der Waals surface area contributed by atoms with Crippen LogP contribution in [0.5, 0.6) is 0 Å². The van der Waals surface area contributed by atoms with Gasteiger partial charge in [0.05, 0.1) is 0 Å². The third-order valence-corrected chi connectivity index (χ3v) is 4.14. The predicted octanol–water partition coefficient (Wildman–Crippen LogP) is 5.92. The molecule has 2 heteroatoms. The Balaban J connectivity index is 0.000000362. The molecule has 108 valence electrons. The molecule has 1 aromatic rings. The van der Waals surface area contributed by atoms with Gasteiger partial charge in [-0.25, -0.2) is 0 Å². The van der Waals surface area contributed by atoms with Crippen LogP contribution in [0.2, 0.25) is 0 Å². The first-order valence-electron chi connectivity index (χ1n) is 6.90. The van der Waals surface area contributed by atoms with Gasteiger partial charge >= 0.3 is 0 Å². The van der Waals surface area contributed by atoms with Gasteiger partial charge in [-0.15, -0.1) is 12.6 Å². The first-order valence-corrected chi connectivity index (χ1v) is 7.34. The molecule has 1 aromatic carbocycles. The van der Waals surface area contributed by atoms with Crippen LogP contribution in [0.15, 0.2) is 35.9 Å². The third kappa shape index (κ3) is 6.72. The minimum atomic E-state index is 0.509. The summed E-state index contributed by atoms with van der Waals surface area (Å²) in [5, 5.41) is 3.03. The lowest BCUT2D eigenvalue weighted by molar-refractivity contribution is 0.254. The average molecular weight is 279 g/mol. The highest BCUT2D eigenvalue weighted by Crippen LogP contribution is 2.27. The lowest BCUT2D eigenvalue weighted by Gasteiger charge is -2.25. The molecule has 0 aliphatic carbocycles. The van der Waals surface area contributed by atoms with Crippen molar-refractivity contribution in [2.45, 2.75) is 52.9 Å². The monoisotopic (exact) mass is 279 g/mol. The zero-order valence-electron chi connectivity index (χ0n) is 13.2. The molecular weight excluding hydrogens is 250 g/mol. The second-order valence-corrected chi connectivity index (χ2v) is 6.46. The number of anilines is 1. The first kappa shape index (κ1) is 18.1. The molecule has 0 bridgehead atoms. The number of thiol groups is 1. The van der Waals surface area contributed by atoms with Crippen molar-refractivity contribution in [1.29, 1.82) is 0 Å². The Labute approximate surface area is 124 Å². The molecule has 0 aliphatic rings. The Morgan fingerprint density at radius 2 is 1.95 bits per heavy atom. The van der Waals surface area contributed by atoms with E-state index in [9.17, 15) is 0 Å². The van der Waals surface area contributed by atoms with E-state index in [4.69, 9.17) is 0 Å². The van der Waals surface area contributed by atoms with Crippen LogP contribution in [-0.2, 0) is 0 Å². The van der Waals surface area contributed by atoms with Crippen LogP contribution in [0.25, 0.3) is 0 Å². The standard InChI is InChI=1S/C9H11NS.C8H18/c1-3-10-8-5-4-6-9(11)7(8)2;1-6-7(2)8(3,4)5/h3-6,10-11H,1H2,2H3;7H,6H2,1-5H3. The smallest absolute Gasteiger partial charge is 0.0420 e. The Kier molecular flexibility index (Phi) is 7.93. The van der Waals surface area contributed by atoms with Gasteiger partial charge in [0.25, 0.3) is 0 Å².